The van der Waals surface area contributed by atoms with Crippen LogP contribution >= 0.6 is 0 Å². The van der Waals surface area contributed by atoms with Gasteiger partial charge >= 0.3 is 17.9 Å². The molecule has 414 valence electrons. The minimum atomic E-state index is -0.771. The molecule has 0 aromatic carbocycles. The molecule has 0 N–H and O–H groups in total. The van der Waals surface area contributed by atoms with Crippen molar-refractivity contribution in [2.75, 3.05) is 13.2 Å². The zero-order chi connectivity index (χ0) is 51.4. The SMILES string of the molecule is CCCC/C=C\CCCCCCCC(=O)OC(COC(=O)CCCCCCCCCCC)COC(=O)CCCCCCCCCCCCCCCCCCCC/C=C\C/C=C\C/C=C\CCCCCCC. The minimum Gasteiger partial charge on any atom is -0.462 e. The Balaban J connectivity index is 3.97. The summed E-state index contributed by atoms with van der Waals surface area (Å²) in [7, 11) is 0. The van der Waals surface area contributed by atoms with Crippen molar-refractivity contribution in [2.45, 2.75) is 335 Å². The van der Waals surface area contributed by atoms with E-state index in [-0.39, 0.29) is 31.1 Å². The molecule has 1 unspecified atom stereocenters. The third kappa shape index (κ3) is 58.1. The molecular formula is C65H118O6. The zero-order valence-corrected chi connectivity index (χ0v) is 47.5. The first-order chi connectivity index (χ1) is 35.0. The van der Waals surface area contributed by atoms with E-state index >= 15 is 0 Å². The molecule has 0 saturated heterocycles. The molecule has 1 atom stereocenters. The van der Waals surface area contributed by atoms with E-state index in [9.17, 15) is 14.4 Å². The largest absolute Gasteiger partial charge is 0.462 e. The van der Waals surface area contributed by atoms with Crippen molar-refractivity contribution in [2.24, 2.45) is 0 Å². The van der Waals surface area contributed by atoms with Gasteiger partial charge in [-0.3, -0.25) is 14.4 Å². The van der Waals surface area contributed by atoms with Crippen molar-refractivity contribution in [1.82, 2.24) is 0 Å². The molecule has 0 aliphatic carbocycles. The Hall–Kier alpha value is -2.63. The van der Waals surface area contributed by atoms with E-state index < -0.39 is 6.10 Å². The fourth-order valence-electron chi connectivity index (χ4n) is 9.08. The van der Waals surface area contributed by atoms with Crippen LogP contribution in [0, 0.1) is 0 Å². The Bertz CT molecular complexity index is 1230. The lowest BCUT2D eigenvalue weighted by molar-refractivity contribution is -0.167. The monoisotopic (exact) mass is 995 g/mol. The molecule has 0 fully saturated rings. The van der Waals surface area contributed by atoms with Crippen LogP contribution in [0.1, 0.15) is 329 Å². The normalized spacial score (nSPS) is 12.3. The van der Waals surface area contributed by atoms with Gasteiger partial charge in [-0.05, 0) is 77.0 Å². The fraction of sp³-hybridized carbons (Fsp3) is 0.831. The highest BCUT2D eigenvalue weighted by molar-refractivity contribution is 5.71. The summed E-state index contributed by atoms with van der Waals surface area (Å²) in [6.07, 6.45) is 74.4. The quantitative estimate of drug-likeness (QED) is 0.0261. The average molecular weight is 996 g/mol. The molecule has 0 spiro atoms. The van der Waals surface area contributed by atoms with Gasteiger partial charge in [0, 0.05) is 19.3 Å². The summed E-state index contributed by atoms with van der Waals surface area (Å²) in [6.45, 7) is 6.59. The smallest absolute Gasteiger partial charge is 0.306 e. The Morgan fingerprint density at radius 2 is 0.521 bits per heavy atom. The van der Waals surface area contributed by atoms with Gasteiger partial charge in [0.25, 0.3) is 0 Å². The number of rotatable bonds is 57. The topological polar surface area (TPSA) is 78.9 Å². The van der Waals surface area contributed by atoms with E-state index in [1.54, 1.807) is 0 Å². The third-order valence-corrected chi connectivity index (χ3v) is 13.8. The van der Waals surface area contributed by atoms with E-state index in [0.29, 0.717) is 19.3 Å². The molecule has 71 heavy (non-hydrogen) atoms. The predicted molar refractivity (Wildman–Crippen MR) is 307 cm³/mol. The maximum absolute atomic E-state index is 12.8. The molecule has 0 aromatic heterocycles. The molecule has 0 aromatic rings. The number of allylic oxidation sites excluding steroid dienone is 8. The first kappa shape index (κ1) is 68.4. The Kier molecular flexibility index (Phi) is 57.7. The molecule has 0 saturated carbocycles. The summed E-state index contributed by atoms with van der Waals surface area (Å²) in [5.74, 6) is -0.871. The Morgan fingerprint density at radius 1 is 0.282 bits per heavy atom. The van der Waals surface area contributed by atoms with Crippen LogP contribution in [0.2, 0.25) is 0 Å². The highest BCUT2D eigenvalue weighted by Gasteiger charge is 2.19. The zero-order valence-electron chi connectivity index (χ0n) is 47.5. The van der Waals surface area contributed by atoms with Crippen LogP contribution in [0.25, 0.3) is 0 Å². The molecule has 0 heterocycles. The second kappa shape index (κ2) is 59.9. The molecule has 0 radical (unpaired) electrons. The predicted octanol–water partition coefficient (Wildman–Crippen LogP) is 21.0. The van der Waals surface area contributed by atoms with E-state index in [4.69, 9.17) is 14.2 Å². The lowest BCUT2D eigenvalue weighted by Gasteiger charge is -2.18. The summed E-state index contributed by atoms with van der Waals surface area (Å²) in [6, 6.07) is 0. The van der Waals surface area contributed by atoms with Gasteiger partial charge in [-0.15, -0.1) is 0 Å². The van der Waals surface area contributed by atoms with Crippen molar-refractivity contribution in [1.29, 1.82) is 0 Å². The van der Waals surface area contributed by atoms with Gasteiger partial charge in [-0.1, -0.05) is 281 Å². The molecule has 6 heteroatoms. The van der Waals surface area contributed by atoms with E-state index in [1.165, 1.54) is 205 Å². The number of carbonyl (C=O) groups excluding carboxylic acids is 3. The van der Waals surface area contributed by atoms with E-state index in [2.05, 4.69) is 69.4 Å². The van der Waals surface area contributed by atoms with Crippen LogP contribution in [-0.2, 0) is 28.6 Å². The molecule has 0 rings (SSSR count). The first-order valence-corrected chi connectivity index (χ1v) is 31.1. The Morgan fingerprint density at radius 3 is 0.845 bits per heavy atom. The number of esters is 3. The van der Waals surface area contributed by atoms with Gasteiger partial charge < -0.3 is 14.2 Å². The van der Waals surface area contributed by atoms with Gasteiger partial charge in [0.2, 0.25) is 0 Å². The number of hydrogen-bond donors (Lipinski definition) is 0. The van der Waals surface area contributed by atoms with Crippen LogP contribution in [0.15, 0.2) is 48.6 Å². The maximum atomic E-state index is 12.8. The summed E-state index contributed by atoms with van der Waals surface area (Å²) in [5.41, 5.74) is 0. The van der Waals surface area contributed by atoms with Gasteiger partial charge in [-0.2, -0.15) is 0 Å². The second-order valence-corrected chi connectivity index (χ2v) is 21.0. The summed E-state index contributed by atoms with van der Waals surface area (Å²) >= 11 is 0. The van der Waals surface area contributed by atoms with Crippen LogP contribution in [-0.4, -0.2) is 37.2 Å². The van der Waals surface area contributed by atoms with Gasteiger partial charge in [0.1, 0.15) is 13.2 Å². The highest BCUT2D eigenvalue weighted by atomic mass is 16.6. The van der Waals surface area contributed by atoms with Crippen molar-refractivity contribution >= 4 is 17.9 Å². The maximum Gasteiger partial charge on any atom is 0.306 e. The summed E-state index contributed by atoms with van der Waals surface area (Å²) < 4.78 is 16.8. The summed E-state index contributed by atoms with van der Waals surface area (Å²) in [4.78, 5) is 38.0. The third-order valence-electron chi connectivity index (χ3n) is 13.8. The van der Waals surface area contributed by atoms with Gasteiger partial charge in [-0.25, -0.2) is 0 Å². The van der Waals surface area contributed by atoms with Gasteiger partial charge in [0.05, 0.1) is 0 Å². The number of hydrogen-bond acceptors (Lipinski definition) is 6. The molecule has 0 aliphatic rings. The minimum absolute atomic E-state index is 0.0722. The highest BCUT2D eigenvalue weighted by Crippen LogP contribution is 2.17. The van der Waals surface area contributed by atoms with Crippen LogP contribution in [0.5, 0.6) is 0 Å². The van der Waals surface area contributed by atoms with Crippen LogP contribution in [0.3, 0.4) is 0 Å². The molecule has 0 bridgehead atoms. The average Bonchev–Trinajstić information content (AvgIpc) is 3.37. The van der Waals surface area contributed by atoms with Crippen molar-refractivity contribution in [3.8, 4) is 0 Å². The lowest BCUT2D eigenvalue weighted by Crippen LogP contribution is -2.30. The van der Waals surface area contributed by atoms with Crippen molar-refractivity contribution in [3.05, 3.63) is 48.6 Å². The second-order valence-electron chi connectivity index (χ2n) is 21.0. The van der Waals surface area contributed by atoms with Crippen molar-refractivity contribution in [3.63, 3.8) is 0 Å². The molecule has 6 nitrogen and oxygen atoms in total. The van der Waals surface area contributed by atoms with Crippen molar-refractivity contribution < 1.29 is 28.6 Å². The fourth-order valence-corrected chi connectivity index (χ4v) is 9.08. The number of unbranched alkanes of at least 4 members (excludes halogenated alkanes) is 38. The first-order valence-electron chi connectivity index (χ1n) is 31.1. The van der Waals surface area contributed by atoms with E-state index in [0.717, 1.165) is 83.5 Å². The number of carbonyl (C=O) groups is 3. The van der Waals surface area contributed by atoms with E-state index in [1.807, 2.05) is 0 Å². The summed E-state index contributed by atoms with van der Waals surface area (Å²) in [5, 5.41) is 0. The molecular weight excluding hydrogens is 877 g/mol. The lowest BCUT2D eigenvalue weighted by atomic mass is 10.0. The Labute approximate surface area is 441 Å². The van der Waals surface area contributed by atoms with Crippen LogP contribution < -0.4 is 0 Å². The molecule has 0 aliphatic heterocycles. The standard InChI is InChI=1S/C65H118O6/c1-4-7-10-13-16-19-21-22-23-24-25-26-27-28-29-30-31-32-33-34-35-36-37-38-39-40-41-42-44-46-49-52-55-58-64(67)70-61-62(60-69-63(66)57-54-51-48-45-18-15-12-9-6-3)71-65(68)59-56-53-50-47-43-20-17-14-11-8-5-2/h14,17,21-22,24-25,27-28,62H,4-13,15-16,18-20,23,26,29-61H2,1-3H3/b17-14-,22-21-,25-24-,28-27-. The van der Waals surface area contributed by atoms with Gasteiger partial charge in [0.15, 0.2) is 6.10 Å². The number of ether oxygens (including phenoxy) is 3. The van der Waals surface area contributed by atoms with Crippen LogP contribution in [0.4, 0.5) is 0 Å². The molecule has 0 amide bonds.